The number of amides is 1. The second-order valence-corrected chi connectivity index (χ2v) is 9.14. The number of hydrogen-bond donors (Lipinski definition) is 1. The summed E-state index contributed by atoms with van der Waals surface area (Å²) in [6, 6.07) is 10.9. The van der Waals surface area contributed by atoms with E-state index in [4.69, 9.17) is 21.1 Å². The molecule has 0 spiro atoms. The molecule has 3 rings (SSSR count). The lowest BCUT2D eigenvalue weighted by Crippen LogP contribution is -2.13. The number of aromatic nitrogens is 2. The van der Waals surface area contributed by atoms with E-state index in [2.05, 4.69) is 29.4 Å². The van der Waals surface area contributed by atoms with E-state index in [1.165, 1.54) is 36.7 Å². The second-order valence-electron chi connectivity index (χ2n) is 7.67. The number of nitriles is 1. The van der Waals surface area contributed by atoms with Gasteiger partial charge in [-0.15, -0.1) is 10.2 Å². The lowest BCUT2D eigenvalue weighted by Gasteiger charge is -2.13. The Kier molecular flexibility index (Phi) is 8.57. The monoisotopic (exact) mass is 500 g/mol. The minimum absolute atomic E-state index is 0.140. The molecule has 0 atom stereocenters. The third kappa shape index (κ3) is 6.76. The molecule has 0 saturated carbocycles. The molecule has 0 aliphatic rings. The van der Waals surface area contributed by atoms with E-state index in [1.54, 1.807) is 24.3 Å². The van der Waals surface area contributed by atoms with Crippen LogP contribution in [0, 0.1) is 23.1 Å². The van der Waals surface area contributed by atoms with Gasteiger partial charge in [0.2, 0.25) is 5.13 Å². The Bertz CT molecular complexity index is 1240. The van der Waals surface area contributed by atoms with Gasteiger partial charge in [-0.2, -0.15) is 5.26 Å². The van der Waals surface area contributed by atoms with E-state index in [0.29, 0.717) is 28.1 Å². The Hall–Kier alpha value is -3.48. The Morgan fingerprint density at radius 1 is 1.29 bits per heavy atom. The number of nitrogens with one attached hydrogen (secondary N) is 1. The molecule has 3 aromatic rings. The van der Waals surface area contributed by atoms with E-state index >= 15 is 0 Å². The largest absolute Gasteiger partial charge is 0.493 e. The zero-order valence-corrected chi connectivity index (χ0v) is 20.3. The molecule has 1 aromatic heterocycles. The van der Waals surface area contributed by atoms with Gasteiger partial charge in [0, 0.05) is 6.42 Å². The smallest absolute Gasteiger partial charge is 0.268 e. The average Bonchev–Trinajstić information content (AvgIpc) is 3.23. The zero-order valence-electron chi connectivity index (χ0n) is 18.8. The van der Waals surface area contributed by atoms with Gasteiger partial charge >= 0.3 is 0 Å². The van der Waals surface area contributed by atoms with Crippen molar-refractivity contribution < 1.29 is 18.7 Å². The van der Waals surface area contributed by atoms with Crippen LogP contribution in [0.2, 0.25) is 5.02 Å². The Balaban J connectivity index is 1.76. The molecular formula is C24H22ClFN4O3S. The number of carbonyl (C=O) groups is 1. The highest BCUT2D eigenvalue weighted by Crippen LogP contribution is 2.37. The topological polar surface area (TPSA) is 97.1 Å². The maximum atomic E-state index is 13.1. The minimum atomic E-state index is -0.610. The molecule has 2 aromatic carbocycles. The summed E-state index contributed by atoms with van der Waals surface area (Å²) >= 11 is 7.66. The number of ether oxygens (including phenoxy) is 2. The van der Waals surface area contributed by atoms with Gasteiger partial charge in [-0.25, -0.2) is 4.39 Å². The van der Waals surface area contributed by atoms with E-state index in [0.717, 1.165) is 17.0 Å². The van der Waals surface area contributed by atoms with Crippen LogP contribution in [0.5, 0.6) is 11.5 Å². The summed E-state index contributed by atoms with van der Waals surface area (Å²) < 4.78 is 24.2. The summed E-state index contributed by atoms with van der Waals surface area (Å²) in [6.07, 6.45) is 2.14. The lowest BCUT2D eigenvalue weighted by molar-refractivity contribution is -0.112. The molecule has 176 valence electrons. The van der Waals surface area contributed by atoms with Crippen LogP contribution in [0.4, 0.5) is 9.52 Å². The van der Waals surface area contributed by atoms with Crippen LogP contribution in [-0.4, -0.2) is 23.2 Å². The molecule has 1 amide bonds. The maximum Gasteiger partial charge on any atom is 0.268 e. The summed E-state index contributed by atoms with van der Waals surface area (Å²) in [5.41, 5.74) is 1.08. The van der Waals surface area contributed by atoms with Crippen molar-refractivity contribution in [2.75, 3.05) is 12.4 Å². The summed E-state index contributed by atoms with van der Waals surface area (Å²) in [4.78, 5) is 12.6. The first-order valence-corrected chi connectivity index (χ1v) is 11.5. The highest BCUT2D eigenvalue weighted by Gasteiger charge is 2.16. The first-order valence-electron chi connectivity index (χ1n) is 10.3. The van der Waals surface area contributed by atoms with Crippen molar-refractivity contribution >= 4 is 40.1 Å². The van der Waals surface area contributed by atoms with E-state index < -0.39 is 5.91 Å². The van der Waals surface area contributed by atoms with Gasteiger partial charge in [0.25, 0.3) is 5.91 Å². The molecule has 0 saturated heterocycles. The number of methoxy groups -OCH3 is 1. The fourth-order valence-electron chi connectivity index (χ4n) is 2.91. The maximum absolute atomic E-state index is 13.1. The van der Waals surface area contributed by atoms with Crippen molar-refractivity contribution in [1.29, 1.82) is 5.26 Å². The summed E-state index contributed by atoms with van der Waals surface area (Å²) in [7, 11) is 1.45. The Morgan fingerprint density at radius 2 is 2.03 bits per heavy atom. The minimum Gasteiger partial charge on any atom is -0.493 e. The van der Waals surface area contributed by atoms with Crippen molar-refractivity contribution in [3.8, 4) is 17.6 Å². The van der Waals surface area contributed by atoms with Crippen molar-refractivity contribution in [1.82, 2.24) is 10.2 Å². The standard InChI is InChI=1S/C24H22ClFN4O3S/c1-14(2)8-21-29-30-24(34-21)28-23(31)17(12-27)9-16-10-19(25)22(20(11-16)32-3)33-13-15-4-6-18(26)7-5-15/h4-7,9-11,14H,8,13H2,1-3H3,(H,28,30,31)/b17-9-. The fraction of sp³-hybridized carbons (Fsp3) is 0.250. The number of benzene rings is 2. The van der Waals surface area contributed by atoms with Crippen LogP contribution in [0.3, 0.4) is 0 Å². The van der Waals surface area contributed by atoms with Gasteiger partial charge in [0.15, 0.2) is 11.5 Å². The molecular weight excluding hydrogens is 479 g/mol. The Labute approximate surface area is 205 Å². The molecule has 34 heavy (non-hydrogen) atoms. The number of anilines is 1. The van der Waals surface area contributed by atoms with Gasteiger partial charge in [-0.3, -0.25) is 10.1 Å². The van der Waals surface area contributed by atoms with E-state index in [9.17, 15) is 14.4 Å². The van der Waals surface area contributed by atoms with Crippen LogP contribution in [0.15, 0.2) is 42.0 Å². The second kappa shape index (κ2) is 11.6. The number of nitrogens with zero attached hydrogens (tertiary/aromatic N) is 3. The van der Waals surface area contributed by atoms with Crippen molar-refractivity contribution in [3.63, 3.8) is 0 Å². The predicted molar refractivity (Wildman–Crippen MR) is 129 cm³/mol. The number of halogens is 2. The number of hydrogen-bond acceptors (Lipinski definition) is 7. The van der Waals surface area contributed by atoms with E-state index in [-0.39, 0.29) is 23.0 Å². The number of rotatable bonds is 9. The lowest BCUT2D eigenvalue weighted by atomic mass is 10.1. The third-order valence-electron chi connectivity index (χ3n) is 4.49. The van der Waals surface area contributed by atoms with Gasteiger partial charge in [0.05, 0.1) is 12.1 Å². The molecule has 0 fully saturated rings. The fourth-order valence-corrected chi connectivity index (χ4v) is 4.14. The summed E-state index contributed by atoms with van der Waals surface area (Å²) in [5, 5.41) is 21.5. The highest BCUT2D eigenvalue weighted by atomic mass is 35.5. The van der Waals surface area contributed by atoms with Gasteiger partial charge in [-0.1, -0.05) is 48.9 Å². The van der Waals surface area contributed by atoms with Crippen LogP contribution < -0.4 is 14.8 Å². The molecule has 0 radical (unpaired) electrons. The van der Waals surface area contributed by atoms with Gasteiger partial charge in [0.1, 0.15) is 29.1 Å². The quantitative estimate of drug-likeness (QED) is 0.300. The van der Waals surface area contributed by atoms with Crippen LogP contribution in [-0.2, 0) is 17.8 Å². The van der Waals surface area contributed by atoms with E-state index in [1.807, 2.05) is 6.07 Å². The average molecular weight is 501 g/mol. The predicted octanol–water partition coefficient (Wildman–Crippen LogP) is 5.66. The summed E-state index contributed by atoms with van der Waals surface area (Å²) in [5.74, 6) is 0.0750. The molecule has 1 heterocycles. The molecule has 0 aliphatic heterocycles. The molecule has 0 aliphatic carbocycles. The van der Waals surface area contributed by atoms with Crippen LogP contribution in [0.1, 0.15) is 30.0 Å². The molecule has 10 heteroatoms. The van der Waals surface area contributed by atoms with Crippen LogP contribution >= 0.6 is 22.9 Å². The third-order valence-corrected chi connectivity index (χ3v) is 5.64. The SMILES string of the molecule is COc1cc(/C=C(/C#N)C(=O)Nc2nnc(CC(C)C)s2)cc(Cl)c1OCc1ccc(F)cc1. The summed E-state index contributed by atoms with van der Waals surface area (Å²) in [6.45, 7) is 4.28. The van der Waals surface area contributed by atoms with Gasteiger partial charge < -0.3 is 9.47 Å². The Morgan fingerprint density at radius 3 is 2.68 bits per heavy atom. The molecule has 1 N–H and O–H groups in total. The number of carbonyl (C=O) groups excluding carboxylic acids is 1. The zero-order chi connectivity index (χ0) is 24.7. The van der Waals surface area contributed by atoms with Crippen molar-refractivity contribution in [2.45, 2.75) is 26.9 Å². The molecule has 0 bridgehead atoms. The molecule has 7 nitrogen and oxygen atoms in total. The van der Waals surface area contributed by atoms with Gasteiger partial charge in [-0.05, 0) is 47.4 Å². The van der Waals surface area contributed by atoms with Crippen molar-refractivity contribution in [2.24, 2.45) is 5.92 Å². The van der Waals surface area contributed by atoms with Crippen LogP contribution in [0.25, 0.3) is 6.08 Å². The first kappa shape index (κ1) is 25.1. The van der Waals surface area contributed by atoms with Crippen molar-refractivity contribution in [3.05, 3.63) is 68.9 Å². The molecule has 0 unspecified atom stereocenters. The normalized spacial score (nSPS) is 11.3. The first-order chi connectivity index (χ1) is 16.3. The highest BCUT2D eigenvalue weighted by molar-refractivity contribution is 7.15.